The molecule has 0 radical (unpaired) electrons. The third-order valence-electron chi connectivity index (χ3n) is 15.4. The van der Waals surface area contributed by atoms with E-state index >= 15 is 4.39 Å². The van der Waals surface area contributed by atoms with E-state index in [2.05, 4.69) is 73.2 Å². The highest BCUT2D eigenvalue weighted by Crippen LogP contribution is 2.44. The number of imide groups is 1. The van der Waals surface area contributed by atoms with Crippen molar-refractivity contribution in [1.29, 1.82) is 0 Å². The number of aromatic amines is 1. The number of carbonyl (C=O) groups excluding carboxylic acids is 3. The van der Waals surface area contributed by atoms with Gasteiger partial charge in [-0.1, -0.05) is 18.2 Å². The second-order valence-corrected chi connectivity index (χ2v) is 20.0. The number of rotatable bonds is 9. The minimum absolute atomic E-state index is 0.115. The molecular weight excluding hydrogens is 782 g/mol. The van der Waals surface area contributed by atoms with Gasteiger partial charge in [0.2, 0.25) is 17.8 Å². The largest absolute Gasteiger partial charge is 0.371 e. The highest BCUT2D eigenvalue weighted by Gasteiger charge is 2.42. The predicted octanol–water partition coefficient (Wildman–Crippen LogP) is 6.79. The molecule has 6 aliphatic heterocycles. The number of fused-ring (bicyclic) bond motifs is 4. The molecule has 3 amide bonds. The Hall–Kier alpha value is -4.88. The number of benzene rings is 2. The number of likely N-dealkylation sites (tertiary alicyclic amines) is 1. The van der Waals surface area contributed by atoms with E-state index in [0.29, 0.717) is 36.4 Å². The first-order valence-corrected chi connectivity index (χ1v) is 23.3. The molecule has 0 bridgehead atoms. The van der Waals surface area contributed by atoms with E-state index in [-0.39, 0.29) is 36.2 Å². The summed E-state index contributed by atoms with van der Waals surface area (Å²) in [5, 5.41) is 3.65. The van der Waals surface area contributed by atoms with E-state index in [1.165, 1.54) is 62.7 Å². The van der Waals surface area contributed by atoms with Gasteiger partial charge in [0.05, 0.1) is 6.04 Å². The number of hydrogen-bond donors (Lipinski definition) is 2. The van der Waals surface area contributed by atoms with E-state index in [1.807, 2.05) is 18.5 Å². The van der Waals surface area contributed by atoms with Gasteiger partial charge in [0, 0.05) is 97.5 Å². The fourth-order valence-corrected chi connectivity index (χ4v) is 11.7. The number of nitrogens with one attached hydrogen (secondary N) is 2. The molecule has 1 spiro atoms. The lowest BCUT2D eigenvalue weighted by Crippen LogP contribution is -2.52. The van der Waals surface area contributed by atoms with Crippen LogP contribution in [0.3, 0.4) is 0 Å². The third-order valence-corrected chi connectivity index (χ3v) is 15.4. The maximum absolute atomic E-state index is 15.2. The van der Waals surface area contributed by atoms with Crippen molar-refractivity contribution in [2.75, 3.05) is 62.2 Å². The fourth-order valence-electron chi connectivity index (χ4n) is 11.7. The molecule has 8 heterocycles. The van der Waals surface area contributed by atoms with E-state index in [0.717, 1.165) is 79.4 Å². The molecule has 4 fully saturated rings. The molecule has 4 saturated heterocycles. The van der Waals surface area contributed by atoms with Crippen LogP contribution in [-0.2, 0) is 22.6 Å². The maximum atomic E-state index is 15.2. The van der Waals surface area contributed by atoms with Gasteiger partial charge in [-0.2, -0.15) is 0 Å². The van der Waals surface area contributed by atoms with Crippen molar-refractivity contribution >= 4 is 40.3 Å². The first kappa shape index (κ1) is 41.1. The number of hydrogen-bond acceptors (Lipinski definition) is 9. The Kier molecular flexibility index (Phi) is 10.9. The Bertz CT molecular complexity index is 2310. The average Bonchev–Trinajstić information content (AvgIpc) is 3.80. The van der Waals surface area contributed by atoms with Crippen molar-refractivity contribution in [3.8, 4) is 0 Å². The van der Waals surface area contributed by atoms with E-state index in [9.17, 15) is 14.4 Å². The average molecular weight is 844 g/mol. The van der Waals surface area contributed by atoms with Gasteiger partial charge in [0.25, 0.3) is 5.91 Å². The van der Waals surface area contributed by atoms with Gasteiger partial charge in [0.15, 0.2) is 0 Å². The highest BCUT2D eigenvalue weighted by molar-refractivity contribution is 6.05. The quantitative estimate of drug-likeness (QED) is 0.176. The van der Waals surface area contributed by atoms with Crippen LogP contribution in [0, 0.1) is 11.3 Å². The van der Waals surface area contributed by atoms with Crippen LogP contribution < -0.4 is 15.1 Å². The smallest absolute Gasteiger partial charge is 0.255 e. The summed E-state index contributed by atoms with van der Waals surface area (Å²) in [5.41, 5.74) is 6.46. The van der Waals surface area contributed by atoms with Crippen molar-refractivity contribution in [1.82, 2.24) is 35.0 Å². The number of anilines is 2. The number of aromatic nitrogens is 3. The van der Waals surface area contributed by atoms with Gasteiger partial charge in [-0.25, -0.2) is 14.4 Å². The maximum Gasteiger partial charge on any atom is 0.255 e. The zero-order valence-electron chi connectivity index (χ0n) is 36.7. The van der Waals surface area contributed by atoms with Crippen molar-refractivity contribution < 1.29 is 18.8 Å². The number of piperidine rings is 4. The second-order valence-electron chi connectivity index (χ2n) is 20.0. The van der Waals surface area contributed by atoms with Crippen LogP contribution in [0.25, 0.3) is 10.9 Å². The van der Waals surface area contributed by atoms with E-state index in [4.69, 9.17) is 9.97 Å². The van der Waals surface area contributed by atoms with Gasteiger partial charge >= 0.3 is 0 Å². The summed E-state index contributed by atoms with van der Waals surface area (Å²) in [7, 11) is 0. The summed E-state index contributed by atoms with van der Waals surface area (Å²) in [6.07, 6.45) is 13.9. The Balaban J connectivity index is 0.688. The molecule has 3 atom stereocenters. The Morgan fingerprint density at radius 1 is 0.887 bits per heavy atom. The number of alkyl halides is 1. The van der Waals surface area contributed by atoms with Crippen LogP contribution in [0.4, 0.5) is 16.0 Å². The number of nitrogens with zero attached hydrogens (tertiary/aromatic N) is 7. The lowest BCUT2D eigenvalue weighted by molar-refractivity contribution is -0.136. The molecule has 0 saturated carbocycles. The lowest BCUT2D eigenvalue weighted by Gasteiger charge is -2.47. The molecule has 0 aliphatic carbocycles. The van der Waals surface area contributed by atoms with Crippen LogP contribution in [0.5, 0.6) is 0 Å². The molecule has 4 aromatic rings. The zero-order valence-corrected chi connectivity index (χ0v) is 36.7. The van der Waals surface area contributed by atoms with Crippen LogP contribution in [-0.4, -0.2) is 117 Å². The SMILES string of the molecule is C[C@@H]1Cc2c([nH]c3ccccc23)[C@@H](c2cnc(N3CCC(CCN4CCC5(CC4)CCN(c4ccc6c(c4)CN(C4CCC(=O)NC4=O)C6=O)CC5)CC3)nc2)N1CC(C)(C)F. The normalized spacial score (nSPS) is 25.1. The first-order valence-electron chi connectivity index (χ1n) is 23.3. The number of carbonyl (C=O) groups is 3. The topological polar surface area (TPSA) is 121 Å². The van der Waals surface area contributed by atoms with Gasteiger partial charge in [-0.05, 0) is 145 Å². The molecule has 1 unspecified atom stereocenters. The molecule has 2 aromatic carbocycles. The summed E-state index contributed by atoms with van der Waals surface area (Å²) in [4.78, 5) is 62.4. The molecule has 12 nitrogen and oxygen atoms in total. The second kappa shape index (κ2) is 16.3. The summed E-state index contributed by atoms with van der Waals surface area (Å²) in [5.74, 6) is 0.759. The summed E-state index contributed by atoms with van der Waals surface area (Å²) in [6.45, 7) is 13.8. The van der Waals surface area contributed by atoms with Crippen LogP contribution in [0.15, 0.2) is 54.9 Å². The monoisotopic (exact) mass is 843 g/mol. The highest BCUT2D eigenvalue weighted by atomic mass is 19.1. The third kappa shape index (κ3) is 7.99. The Morgan fingerprint density at radius 2 is 1.61 bits per heavy atom. The van der Waals surface area contributed by atoms with E-state index in [1.54, 1.807) is 18.7 Å². The van der Waals surface area contributed by atoms with Gasteiger partial charge < -0.3 is 24.6 Å². The summed E-state index contributed by atoms with van der Waals surface area (Å²) < 4.78 is 15.2. The van der Waals surface area contributed by atoms with Crippen molar-refractivity contribution in [3.05, 3.63) is 82.8 Å². The molecule has 62 heavy (non-hydrogen) atoms. The summed E-state index contributed by atoms with van der Waals surface area (Å²) >= 11 is 0. The molecule has 10 rings (SSSR count). The van der Waals surface area contributed by atoms with Crippen molar-refractivity contribution in [3.63, 3.8) is 0 Å². The zero-order chi connectivity index (χ0) is 42.8. The van der Waals surface area contributed by atoms with Crippen LogP contribution in [0.1, 0.15) is 117 Å². The first-order chi connectivity index (χ1) is 29.9. The van der Waals surface area contributed by atoms with Crippen molar-refractivity contribution in [2.24, 2.45) is 11.3 Å². The minimum Gasteiger partial charge on any atom is -0.371 e. The molecule has 2 aromatic heterocycles. The lowest BCUT2D eigenvalue weighted by atomic mass is 9.71. The Morgan fingerprint density at radius 3 is 2.34 bits per heavy atom. The molecular formula is C49H62FN9O3. The molecule has 2 N–H and O–H groups in total. The predicted molar refractivity (Wildman–Crippen MR) is 239 cm³/mol. The van der Waals surface area contributed by atoms with Gasteiger partial charge in [-0.3, -0.25) is 24.6 Å². The number of para-hydroxylation sites is 1. The summed E-state index contributed by atoms with van der Waals surface area (Å²) in [6, 6.07) is 14.1. The number of halogens is 1. The van der Waals surface area contributed by atoms with E-state index < -0.39 is 11.7 Å². The molecule has 13 heteroatoms. The molecule has 6 aliphatic rings. The van der Waals surface area contributed by atoms with Gasteiger partial charge in [0.1, 0.15) is 11.7 Å². The Labute approximate surface area is 364 Å². The van der Waals surface area contributed by atoms with Crippen LogP contribution in [0.2, 0.25) is 0 Å². The number of H-pyrrole nitrogens is 1. The minimum atomic E-state index is -1.33. The fraction of sp³-hybridized carbons (Fsp3) is 0.571. The van der Waals surface area contributed by atoms with Gasteiger partial charge in [-0.15, -0.1) is 0 Å². The van der Waals surface area contributed by atoms with Crippen molar-refractivity contribution in [2.45, 2.75) is 115 Å². The molecule has 328 valence electrons. The standard InChI is InChI=1S/C49H62FN9O3/c1-32-26-39-38-6-4-5-7-40(38)53-43(39)44(59(32)31-48(2,3)50)35-28-51-47(52-29-35)57-20-13-33(14-21-57)12-19-55-22-15-49(16-23-55)17-24-56(25-18-49)36-8-9-37-34(27-36)30-58(46(37)62)41-10-11-42(60)54-45(41)61/h4-9,27-29,32-33,41,44,53H,10-26,30-31H2,1-3H3,(H,54,60,61)/t32-,41?,44-/m1/s1. The number of amides is 3. The van der Waals surface area contributed by atoms with Crippen LogP contribution >= 0.6 is 0 Å².